The van der Waals surface area contributed by atoms with Crippen LogP contribution in [0.15, 0.2) is 41.8 Å². The van der Waals surface area contributed by atoms with Crippen LogP contribution in [0.3, 0.4) is 0 Å². The smallest absolute Gasteiger partial charge is 0.331 e. The average molecular weight is 566 g/mol. The van der Waals surface area contributed by atoms with Gasteiger partial charge in [0.2, 0.25) is 5.91 Å². The van der Waals surface area contributed by atoms with Crippen LogP contribution >= 0.6 is 11.3 Å². The Kier molecular flexibility index (Phi) is 8.76. The number of esters is 1. The van der Waals surface area contributed by atoms with Crippen LogP contribution in [-0.4, -0.2) is 62.1 Å². The molecule has 1 unspecified atom stereocenters. The molecule has 2 aliphatic heterocycles. The summed E-state index contributed by atoms with van der Waals surface area (Å²) in [7, 11) is 1.41. The van der Waals surface area contributed by atoms with Gasteiger partial charge in [-0.15, -0.1) is 11.3 Å². The monoisotopic (exact) mass is 565 g/mol. The minimum absolute atomic E-state index is 0.0118. The van der Waals surface area contributed by atoms with Crippen LogP contribution < -0.4 is 9.80 Å². The predicted molar refractivity (Wildman–Crippen MR) is 161 cm³/mol. The van der Waals surface area contributed by atoms with Crippen molar-refractivity contribution in [3.63, 3.8) is 0 Å². The summed E-state index contributed by atoms with van der Waals surface area (Å²) in [5.74, 6) is -0.547. The van der Waals surface area contributed by atoms with Crippen molar-refractivity contribution in [2.75, 3.05) is 49.6 Å². The van der Waals surface area contributed by atoms with Gasteiger partial charge in [0.1, 0.15) is 11.4 Å². The first-order valence-corrected chi connectivity index (χ1v) is 15.4. The van der Waals surface area contributed by atoms with Gasteiger partial charge in [-0.2, -0.15) is 0 Å². The molecule has 0 saturated carbocycles. The minimum atomic E-state index is -1.02. The number of nitrogens with zero attached hydrogens (tertiary/aromatic N) is 3. The van der Waals surface area contributed by atoms with Gasteiger partial charge in [0, 0.05) is 60.6 Å². The number of hydrogen-bond donors (Lipinski definition) is 0. The quantitative estimate of drug-likeness (QED) is 0.217. The van der Waals surface area contributed by atoms with Crippen molar-refractivity contribution in [2.24, 2.45) is 0 Å². The average Bonchev–Trinajstić information content (AvgIpc) is 3.43. The lowest BCUT2D eigenvalue weighted by Gasteiger charge is -2.42. The first-order chi connectivity index (χ1) is 19.3. The molecule has 1 aromatic heterocycles. The number of unbranched alkanes of at least 4 members (excludes halogenated alkanes) is 2. The molecule has 0 radical (unpaired) electrons. The number of piperazine rings is 1. The fourth-order valence-corrected chi connectivity index (χ4v) is 7.07. The molecular formula is C32H40FN3O3S. The third-order valence-electron chi connectivity index (χ3n) is 8.58. The van der Waals surface area contributed by atoms with E-state index in [1.54, 1.807) is 28.4 Å². The van der Waals surface area contributed by atoms with Gasteiger partial charge in [-0.1, -0.05) is 38.3 Å². The van der Waals surface area contributed by atoms with E-state index in [4.69, 9.17) is 4.74 Å². The fraction of sp³-hybridized carbons (Fsp3) is 0.500. The van der Waals surface area contributed by atoms with E-state index >= 15 is 0 Å². The van der Waals surface area contributed by atoms with Crippen molar-refractivity contribution in [3.8, 4) is 0 Å². The number of fused-ring (bicyclic) bond motifs is 2. The molecule has 1 saturated heterocycles. The Hall–Kier alpha value is -2.97. The highest BCUT2D eigenvalue weighted by atomic mass is 32.1. The number of carbonyl (C=O) groups excluding carboxylic acids is 2. The summed E-state index contributed by atoms with van der Waals surface area (Å²) in [5, 5.41) is 3.15. The Labute approximate surface area is 240 Å². The van der Waals surface area contributed by atoms with Crippen LogP contribution in [0.25, 0.3) is 10.1 Å². The maximum Gasteiger partial charge on any atom is 0.331 e. The summed E-state index contributed by atoms with van der Waals surface area (Å²) < 4.78 is 20.4. The normalized spacial score (nSPS) is 17.6. The van der Waals surface area contributed by atoms with Gasteiger partial charge in [-0.3, -0.25) is 14.6 Å². The number of aryl methyl sites for hydroxylation is 1. The Morgan fingerprint density at radius 2 is 1.85 bits per heavy atom. The Morgan fingerprint density at radius 1 is 1.05 bits per heavy atom. The van der Waals surface area contributed by atoms with Crippen molar-refractivity contribution < 1.29 is 18.7 Å². The topological polar surface area (TPSA) is 53.1 Å². The van der Waals surface area contributed by atoms with Crippen molar-refractivity contribution in [1.29, 1.82) is 0 Å². The SMILES string of the molecule is CCCCCC(C)(C(=O)OC)N1C(=O)CCc2ccc(CCN3CCN(c4cc(F)cc5sccc45)CC3)cc21. The first-order valence-electron chi connectivity index (χ1n) is 14.5. The van der Waals surface area contributed by atoms with E-state index in [0.717, 1.165) is 91.0 Å². The molecule has 5 rings (SSSR count). The van der Waals surface area contributed by atoms with Crippen molar-refractivity contribution in [3.05, 3.63) is 58.7 Å². The van der Waals surface area contributed by atoms with E-state index < -0.39 is 5.54 Å². The molecule has 8 heteroatoms. The molecule has 3 aromatic rings. The third kappa shape index (κ3) is 5.75. The lowest BCUT2D eigenvalue weighted by atomic mass is 9.87. The number of halogens is 1. The second-order valence-electron chi connectivity index (χ2n) is 11.3. The summed E-state index contributed by atoms with van der Waals surface area (Å²) in [6.07, 6.45) is 5.44. The summed E-state index contributed by atoms with van der Waals surface area (Å²) in [4.78, 5) is 32.8. The van der Waals surface area contributed by atoms with Gasteiger partial charge in [-0.05, 0) is 67.0 Å². The van der Waals surface area contributed by atoms with E-state index in [9.17, 15) is 14.0 Å². The number of ether oxygens (including phenoxy) is 1. The summed E-state index contributed by atoms with van der Waals surface area (Å²) >= 11 is 1.58. The van der Waals surface area contributed by atoms with E-state index in [2.05, 4.69) is 41.0 Å². The molecule has 0 N–H and O–H groups in total. The highest BCUT2D eigenvalue weighted by Crippen LogP contribution is 2.38. The number of anilines is 2. The number of hydrogen-bond acceptors (Lipinski definition) is 6. The molecule has 40 heavy (non-hydrogen) atoms. The Morgan fingerprint density at radius 3 is 2.60 bits per heavy atom. The zero-order valence-corrected chi connectivity index (χ0v) is 24.7. The third-order valence-corrected chi connectivity index (χ3v) is 9.44. The molecule has 0 bridgehead atoms. The molecule has 3 heterocycles. The lowest BCUT2D eigenvalue weighted by molar-refractivity contribution is -0.148. The van der Waals surface area contributed by atoms with Crippen LogP contribution in [0.1, 0.15) is 57.1 Å². The summed E-state index contributed by atoms with van der Waals surface area (Å²) in [5.41, 5.74) is 3.09. The molecule has 2 aliphatic rings. The van der Waals surface area contributed by atoms with Gasteiger partial charge in [0.25, 0.3) is 0 Å². The van der Waals surface area contributed by atoms with Gasteiger partial charge < -0.3 is 9.64 Å². The van der Waals surface area contributed by atoms with Crippen LogP contribution in [0.4, 0.5) is 15.8 Å². The van der Waals surface area contributed by atoms with E-state index in [1.165, 1.54) is 7.11 Å². The Bertz CT molecular complexity index is 1370. The zero-order valence-electron chi connectivity index (χ0n) is 23.9. The van der Waals surface area contributed by atoms with Crippen LogP contribution in [0.5, 0.6) is 0 Å². The van der Waals surface area contributed by atoms with Crippen molar-refractivity contribution in [2.45, 2.75) is 64.3 Å². The lowest BCUT2D eigenvalue weighted by Crippen LogP contribution is -2.57. The second-order valence-corrected chi connectivity index (χ2v) is 12.2. The zero-order chi connectivity index (χ0) is 28.3. The van der Waals surface area contributed by atoms with Gasteiger partial charge >= 0.3 is 5.97 Å². The number of rotatable bonds is 10. The molecule has 1 atom stereocenters. The highest BCUT2D eigenvalue weighted by Gasteiger charge is 2.45. The number of amides is 1. The van der Waals surface area contributed by atoms with Gasteiger partial charge in [0.15, 0.2) is 0 Å². The van der Waals surface area contributed by atoms with Crippen LogP contribution in [0.2, 0.25) is 0 Å². The number of benzene rings is 2. The van der Waals surface area contributed by atoms with Crippen LogP contribution in [-0.2, 0) is 27.2 Å². The molecule has 2 aromatic carbocycles. The molecule has 6 nitrogen and oxygen atoms in total. The maximum absolute atomic E-state index is 14.2. The molecule has 1 amide bonds. The molecule has 1 fully saturated rings. The number of thiophene rings is 1. The molecule has 0 spiro atoms. The first kappa shape index (κ1) is 28.6. The summed E-state index contributed by atoms with van der Waals surface area (Å²) in [6, 6.07) is 11.8. The molecular weight excluding hydrogens is 525 g/mol. The second kappa shape index (κ2) is 12.3. The molecule has 0 aliphatic carbocycles. The van der Waals surface area contributed by atoms with E-state index in [0.29, 0.717) is 19.3 Å². The van der Waals surface area contributed by atoms with Crippen molar-refractivity contribution >= 4 is 44.7 Å². The minimum Gasteiger partial charge on any atom is -0.467 e. The predicted octanol–water partition coefficient (Wildman–Crippen LogP) is 6.20. The van der Waals surface area contributed by atoms with Crippen LogP contribution in [0, 0.1) is 5.82 Å². The van der Waals surface area contributed by atoms with Crippen molar-refractivity contribution in [1.82, 2.24) is 4.90 Å². The molecule has 214 valence electrons. The van der Waals surface area contributed by atoms with Gasteiger partial charge in [0.05, 0.1) is 7.11 Å². The maximum atomic E-state index is 14.2. The van der Waals surface area contributed by atoms with E-state index in [-0.39, 0.29) is 17.7 Å². The standard InChI is InChI=1S/C32H40FN3O3S/c1-4-5-6-13-32(2,31(38)39-3)36-27-20-23(7-8-24(27)9-10-30(36)37)11-14-34-15-17-35(18-16-34)28-21-25(33)22-29-26(28)12-19-40-29/h7-8,12,19-22H,4-6,9-11,13-18H2,1-3H3. The largest absolute Gasteiger partial charge is 0.467 e. The van der Waals surface area contributed by atoms with E-state index in [1.807, 2.05) is 12.3 Å². The Balaban J connectivity index is 1.27. The van der Waals surface area contributed by atoms with Gasteiger partial charge in [-0.25, -0.2) is 9.18 Å². The highest BCUT2D eigenvalue weighted by molar-refractivity contribution is 7.17. The number of carbonyl (C=O) groups is 2. The number of methoxy groups -OCH3 is 1. The summed E-state index contributed by atoms with van der Waals surface area (Å²) in [6.45, 7) is 8.43. The fourth-order valence-electron chi connectivity index (χ4n) is 6.24.